The summed E-state index contributed by atoms with van der Waals surface area (Å²) in [6.07, 6.45) is 6.35. The van der Waals surface area contributed by atoms with Gasteiger partial charge < -0.3 is 0 Å². The molecule has 1 aliphatic heterocycles. The summed E-state index contributed by atoms with van der Waals surface area (Å²) in [5.74, 6) is 9.94. The van der Waals surface area contributed by atoms with Crippen LogP contribution in [0.4, 0.5) is 11.5 Å². The van der Waals surface area contributed by atoms with E-state index in [1.54, 1.807) is 4.90 Å². The molecule has 1 aromatic carbocycles. The van der Waals surface area contributed by atoms with Gasteiger partial charge in [-0.25, -0.2) is 4.98 Å². The highest BCUT2D eigenvalue weighted by molar-refractivity contribution is 7.99. The van der Waals surface area contributed by atoms with Crippen LogP contribution in [0.3, 0.4) is 0 Å². The van der Waals surface area contributed by atoms with E-state index in [0.29, 0.717) is 17.7 Å². The van der Waals surface area contributed by atoms with Crippen molar-refractivity contribution in [3.63, 3.8) is 0 Å². The molecule has 170 valence electrons. The number of rotatable bonds is 3. The van der Waals surface area contributed by atoms with Gasteiger partial charge in [-0.3, -0.25) is 9.69 Å². The van der Waals surface area contributed by atoms with Crippen LogP contribution in [0.1, 0.15) is 73.3 Å². The van der Waals surface area contributed by atoms with Crippen molar-refractivity contribution < 1.29 is 4.79 Å². The SMILES string of the molecule is CC.Cc1cnc(N(C(=O)C#CC2CCSCC2)c2cc(C)c(C)cc2C2CC2)c(C)c1. The summed E-state index contributed by atoms with van der Waals surface area (Å²) in [5, 5.41) is 0. The highest BCUT2D eigenvalue weighted by Crippen LogP contribution is 2.46. The molecule has 1 aliphatic carbocycles. The second kappa shape index (κ2) is 11.1. The molecule has 0 unspecified atom stereocenters. The number of carbonyl (C=O) groups excluding carboxylic acids is 1. The van der Waals surface area contributed by atoms with Gasteiger partial charge in [0.25, 0.3) is 0 Å². The predicted octanol–water partition coefficient (Wildman–Crippen LogP) is 7.03. The zero-order chi connectivity index (χ0) is 23.3. The van der Waals surface area contributed by atoms with Crippen molar-refractivity contribution >= 4 is 29.2 Å². The summed E-state index contributed by atoms with van der Waals surface area (Å²) in [6, 6.07) is 6.50. The van der Waals surface area contributed by atoms with Crippen LogP contribution >= 0.6 is 11.8 Å². The Hall–Kier alpha value is -2.25. The van der Waals surface area contributed by atoms with Crippen molar-refractivity contribution in [2.24, 2.45) is 5.92 Å². The van der Waals surface area contributed by atoms with Crippen molar-refractivity contribution in [1.29, 1.82) is 0 Å². The fourth-order valence-corrected chi connectivity index (χ4v) is 5.17. The number of thioether (sulfide) groups is 1. The van der Waals surface area contributed by atoms with Gasteiger partial charge in [-0.05, 0) is 111 Å². The molecule has 1 aromatic heterocycles. The smallest absolute Gasteiger partial charge is 0.258 e. The summed E-state index contributed by atoms with van der Waals surface area (Å²) < 4.78 is 0. The van der Waals surface area contributed by atoms with E-state index in [0.717, 1.165) is 41.2 Å². The second-order valence-corrected chi connectivity index (χ2v) is 9.94. The zero-order valence-electron chi connectivity index (χ0n) is 20.4. The van der Waals surface area contributed by atoms with Crippen molar-refractivity contribution in [2.75, 3.05) is 16.4 Å². The molecule has 0 radical (unpaired) electrons. The van der Waals surface area contributed by atoms with Crippen LogP contribution < -0.4 is 4.90 Å². The average molecular weight is 449 g/mol. The van der Waals surface area contributed by atoms with E-state index >= 15 is 0 Å². The average Bonchev–Trinajstić information content (AvgIpc) is 3.63. The van der Waals surface area contributed by atoms with Gasteiger partial charge in [0.05, 0.1) is 5.69 Å². The summed E-state index contributed by atoms with van der Waals surface area (Å²) in [4.78, 5) is 20.0. The number of hydrogen-bond acceptors (Lipinski definition) is 3. The maximum absolute atomic E-state index is 13.5. The quantitative estimate of drug-likeness (QED) is 0.473. The minimum absolute atomic E-state index is 0.169. The molecule has 0 atom stereocenters. The monoisotopic (exact) mass is 448 g/mol. The lowest BCUT2D eigenvalue weighted by Crippen LogP contribution is -2.27. The molecule has 0 N–H and O–H groups in total. The highest BCUT2D eigenvalue weighted by Gasteiger charge is 2.31. The summed E-state index contributed by atoms with van der Waals surface area (Å²) >= 11 is 1.98. The number of aryl methyl sites for hydroxylation is 4. The first-order chi connectivity index (χ1) is 15.4. The topological polar surface area (TPSA) is 33.2 Å². The fraction of sp³-hybridized carbons (Fsp3) is 0.500. The lowest BCUT2D eigenvalue weighted by atomic mass is 9.99. The Balaban J connectivity index is 0.00000141. The molecule has 0 bridgehead atoms. The number of nitrogens with zero attached hydrogens (tertiary/aromatic N) is 2. The number of amides is 1. The maximum Gasteiger partial charge on any atom is 0.308 e. The first-order valence-electron chi connectivity index (χ1n) is 11.9. The van der Waals surface area contributed by atoms with Crippen LogP contribution in [0, 0.1) is 45.5 Å². The maximum atomic E-state index is 13.5. The van der Waals surface area contributed by atoms with Gasteiger partial charge in [0.15, 0.2) is 0 Å². The van der Waals surface area contributed by atoms with E-state index < -0.39 is 0 Å². The van der Waals surface area contributed by atoms with Crippen LogP contribution in [0.5, 0.6) is 0 Å². The van der Waals surface area contributed by atoms with E-state index in [1.807, 2.05) is 45.7 Å². The van der Waals surface area contributed by atoms with Crippen molar-refractivity contribution in [2.45, 2.75) is 73.1 Å². The van der Waals surface area contributed by atoms with Crippen molar-refractivity contribution in [3.8, 4) is 11.8 Å². The molecule has 32 heavy (non-hydrogen) atoms. The predicted molar refractivity (Wildman–Crippen MR) is 138 cm³/mol. The Morgan fingerprint density at radius 1 is 0.969 bits per heavy atom. The van der Waals surface area contributed by atoms with Crippen LogP contribution in [-0.2, 0) is 4.79 Å². The van der Waals surface area contributed by atoms with Gasteiger partial charge in [0.2, 0.25) is 0 Å². The lowest BCUT2D eigenvalue weighted by molar-refractivity contribution is -0.112. The minimum atomic E-state index is -0.169. The van der Waals surface area contributed by atoms with E-state index in [1.165, 1.54) is 29.5 Å². The van der Waals surface area contributed by atoms with Crippen LogP contribution in [0.2, 0.25) is 0 Å². The molecule has 2 fully saturated rings. The molecule has 2 aliphatic rings. The van der Waals surface area contributed by atoms with Crippen molar-refractivity contribution in [1.82, 2.24) is 4.98 Å². The zero-order valence-corrected chi connectivity index (χ0v) is 21.2. The van der Waals surface area contributed by atoms with Gasteiger partial charge in [0, 0.05) is 12.1 Å². The number of benzene rings is 1. The summed E-state index contributed by atoms with van der Waals surface area (Å²) in [5.41, 5.74) is 6.76. The molecule has 1 saturated carbocycles. The van der Waals surface area contributed by atoms with Gasteiger partial charge in [-0.15, -0.1) is 0 Å². The molecule has 2 heterocycles. The lowest BCUT2D eigenvalue weighted by Gasteiger charge is -2.25. The van der Waals surface area contributed by atoms with Gasteiger partial charge >= 0.3 is 5.91 Å². The summed E-state index contributed by atoms with van der Waals surface area (Å²) in [6.45, 7) is 12.3. The third-order valence-corrected chi connectivity index (χ3v) is 7.16. The standard InChI is InChI=1S/C26H30N2OS.C2H6/c1-17-13-20(4)26(27-16-17)28(25(29)8-5-21-9-11-30-12-10-21)24-15-19(3)18(2)14-23(24)22-6-7-22;1-2/h13-16,21-22H,6-7,9-12H2,1-4H3;1-2H3. The molecule has 3 nitrogen and oxygen atoms in total. The molecule has 0 spiro atoms. The van der Waals surface area contributed by atoms with Gasteiger partial charge in [0.1, 0.15) is 5.82 Å². The number of aromatic nitrogens is 1. The molecule has 1 amide bonds. The van der Waals surface area contributed by atoms with Crippen LogP contribution in [0.25, 0.3) is 0 Å². The summed E-state index contributed by atoms with van der Waals surface area (Å²) in [7, 11) is 0. The number of carbonyl (C=O) groups is 1. The molecule has 2 aromatic rings. The third kappa shape index (κ3) is 5.75. The number of pyridine rings is 1. The Bertz CT molecular complexity index is 1020. The highest BCUT2D eigenvalue weighted by atomic mass is 32.2. The van der Waals surface area contributed by atoms with Crippen molar-refractivity contribution in [3.05, 3.63) is 52.2 Å². The first-order valence-corrected chi connectivity index (χ1v) is 13.1. The Morgan fingerprint density at radius 2 is 1.62 bits per heavy atom. The molecular weight excluding hydrogens is 412 g/mol. The molecule has 1 saturated heterocycles. The largest absolute Gasteiger partial charge is 0.308 e. The normalized spacial score (nSPS) is 15.8. The molecule has 4 heteroatoms. The second-order valence-electron chi connectivity index (χ2n) is 8.72. The Labute approximate surface area is 198 Å². The molecule has 4 rings (SSSR count). The number of anilines is 2. The Kier molecular flexibility index (Phi) is 8.43. The molecular formula is C28H36N2OS. The van der Waals surface area contributed by atoms with Gasteiger partial charge in [-0.1, -0.05) is 31.9 Å². The van der Waals surface area contributed by atoms with E-state index in [2.05, 4.69) is 48.9 Å². The minimum Gasteiger partial charge on any atom is -0.258 e. The fourth-order valence-electron chi connectivity index (χ4n) is 4.06. The number of hydrogen-bond donors (Lipinski definition) is 0. The van der Waals surface area contributed by atoms with E-state index in [4.69, 9.17) is 0 Å². The third-order valence-electron chi connectivity index (χ3n) is 6.11. The van der Waals surface area contributed by atoms with Crippen LogP contribution in [0.15, 0.2) is 24.4 Å². The first kappa shape index (κ1) is 24.4. The van der Waals surface area contributed by atoms with Gasteiger partial charge in [-0.2, -0.15) is 11.8 Å². The van der Waals surface area contributed by atoms with Crippen LogP contribution in [-0.4, -0.2) is 22.4 Å². The van der Waals surface area contributed by atoms with E-state index in [-0.39, 0.29) is 5.91 Å². The van der Waals surface area contributed by atoms with E-state index in [9.17, 15) is 4.79 Å². The Morgan fingerprint density at radius 3 is 2.25 bits per heavy atom.